The molecule has 0 bridgehead atoms. The normalized spacial score (nSPS) is 29.2. The van der Waals surface area contributed by atoms with Crippen LogP contribution in [0.15, 0.2) is 0 Å². The maximum atomic E-state index is 12.6. The van der Waals surface area contributed by atoms with Crippen LogP contribution in [0.2, 0.25) is 0 Å². The van der Waals surface area contributed by atoms with E-state index in [4.69, 9.17) is 0 Å². The summed E-state index contributed by atoms with van der Waals surface area (Å²) < 4.78 is 37.8. The SMILES string of the molecule is CN(C(=O)C1CCC(C(F)(F)F)CC1)C1CCNCC1. The van der Waals surface area contributed by atoms with Crippen molar-refractivity contribution < 1.29 is 18.0 Å². The lowest BCUT2D eigenvalue weighted by molar-refractivity contribution is -0.185. The zero-order valence-corrected chi connectivity index (χ0v) is 11.9. The third-order valence-corrected chi connectivity index (χ3v) is 4.74. The van der Waals surface area contributed by atoms with Crippen molar-refractivity contribution in [3.05, 3.63) is 0 Å². The van der Waals surface area contributed by atoms with Crippen molar-refractivity contribution in [2.45, 2.75) is 50.7 Å². The van der Waals surface area contributed by atoms with Crippen LogP contribution >= 0.6 is 0 Å². The first-order valence-corrected chi connectivity index (χ1v) is 7.43. The molecular weight excluding hydrogens is 269 g/mol. The summed E-state index contributed by atoms with van der Waals surface area (Å²) in [7, 11) is 1.80. The highest BCUT2D eigenvalue weighted by molar-refractivity contribution is 5.79. The quantitative estimate of drug-likeness (QED) is 0.848. The molecule has 0 aromatic heterocycles. The summed E-state index contributed by atoms with van der Waals surface area (Å²) in [6, 6.07) is 0.240. The second-order valence-electron chi connectivity index (χ2n) is 6.02. The number of hydrogen-bond acceptors (Lipinski definition) is 2. The second kappa shape index (κ2) is 6.33. The number of piperidine rings is 1. The first kappa shape index (κ1) is 15.6. The van der Waals surface area contributed by atoms with E-state index >= 15 is 0 Å². The molecule has 1 aliphatic heterocycles. The van der Waals surface area contributed by atoms with E-state index in [0.29, 0.717) is 12.8 Å². The number of amides is 1. The molecule has 1 N–H and O–H groups in total. The summed E-state index contributed by atoms with van der Waals surface area (Å²) >= 11 is 0. The van der Waals surface area contributed by atoms with Crippen LogP contribution in [0.5, 0.6) is 0 Å². The molecule has 2 rings (SSSR count). The van der Waals surface area contributed by atoms with E-state index < -0.39 is 12.1 Å². The van der Waals surface area contributed by atoms with Gasteiger partial charge in [-0.2, -0.15) is 13.2 Å². The van der Waals surface area contributed by atoms with Gasteiger partial charge in [0.25, 0.3) is 0 Å². The van der Waals surface area contributed by atoms with Crippen LogP contribution in [0.4, 0.5) is 13.2 Å². The van der Waals surface area contributed by atoms with Gasteiger partial charge in [-0.05, 0) is 51.6 Å². The summed E-state index contributed by atoms with van der Waals surface area (Å²) in [5, 5.41) is 3.25. The molecule has 0 aromatic carbocycles. The molecule has 1 heterocycles. The van der Waals surface area contributed by atoms with E-state index in [-0.39, 0.29) is 30.7 Å². The second-order valence-corrected chi connectivity index (χ2v) is 6.02. The van der Waals surface area contributed by atoms with E-state index in [0.717, 1.165) is 25.9 Å². The van der Waals surface area contributed by atoms with Crippen LogP contribution in [0.25, 0.3) is 0 Å². The minimum absolute atomic E-state index is 0.0394. The highest BCUT2D eigenvalue weighted by atomic mass is 19.4. The Kier molecular flexibility index (Phi) is 4.94. The fourth-order valence-corrected chi connectivity index (χ4v) is 3.33. The standard InChI is InChI=1S/C14H23F3N2O/c1-19(12-6-8-18-9-7-12)13(20)10-2-4-11(5-3-10)14(15,16)17/h10-12,18H,2-9H2,1H3. The van der Waals surface area contributed by atoms with Crippen molar-refractivity contribution in [2.75, 3.05) is 20.1 Å². The molecule has 1 amide bonds. The number of nitrogens with zero attached hydrogens (tertiary/aromatic N) is 1. The molecule has 0 unspecified atom stereocenters. The van der Waals surface area contributed by atoms with Gasteiger partial charge in [-0.25, -0.2) is 0 Å². The van der Waals surface area contributed by atoms with Crippen LogP contribution in [0.3, 0.4) is 0 Å². The number of halogens is 3. The minimum atomic E-state index is -4.10. The van der Waals surface area contributed by atoms with E-state index in [1.54, 1.807) is 11.9 Å². The number of nitrogens with one attached hydrogen (secondary N) is 1. The van der Waals surface area contributed by atoms with Gasteiger partial charge in [0.2, 0.25) is 5.91 Å². The summed E-state index contributed by atoms with van der Waals surface area (Å²) in [4.78, 5) is 14.2. The van der Waals surface area contributed by atoms with E-state index in [9.17, 15) is 18.0 Å². The van der Waals surface area contributed by atoms with Gasteiger partial charge in [0.15, 0.2) is 0 Å². The van der Waals surface area contributed by atoms with Gasteiger partial charge in [0.1, 0.15) is 0 Å². The number of rotatable bonds is 2. The van der Waals surface area contributed by atoms with Crippen molar-refractivity contribution in [3.8, 4) is 0 Å². The highest BCUT2D eigenvalue weighted by Gasteiger charge is 2.43. The molecule has 6 heteroatoms. The number of alkyl halides is 3. The van der Waals surface area contributed by atoms with Crippen LogP contribution in [0, 0.1) is 11.8 Å². The monoisotopic (exact) mass is 292 g/mol. The molecule has 1 saturated carbocycles. The van der Waals surface area contributed by atoms with Crippen molar-refractivity contribution in [1.82, 2.24) is 10.2 Å². The Morgan fingerprint density at radius 3 is 2.10 bits per heavy atom. The lowest BCUT2D eigenvalue weighted by Gasteiger charge is -2.36. The van der Waals surface area contributed by atoms with Crippen molar-refractivity contribution in [2.24, 2.45) is 11.8 Å². The Morgan fingerprint density at radius 1 is 1.05 bits per heavy atom. The molecule has 0 aromatic rings. The van der Waals surface area contributed by atoms with Crippen molar-refractivity contribution >= 4 is 5.91 Å². The molecule has 3 nitrogen and oxygen atoms in total. The zero-order chi connectivity index (χ0) is 14.8. The first-order valence-electron chi connectivity index (χ1n) is 7.43. The number of carbonyl (C=O) groups is 1. The molecule has 1 aliphatic carbocycles. The van der Waals surface area contributed by atoms with Gasteiger partial charge < -0.3 is 10.2 Å². The Balaban J connectivity index is 1.85. The fraction of sp³-hybridized carbons (Fsp3) is 0.929. The van der Waals surface area contributed by atoms with E-state index in [2.05, 4.69) is 5.32 Å². The maximum Gasteiger partial charge on any atom is 0.391 e. The number of carbonyl (C=O) groups excluding carboxylic acids is 1. The third-order valence-electron chi connectivity index (χ3n) is 4.74. The topological polar surface area (TPSA) is 32.3 Å². The van der Waals surface area contributed by atoms with Gasteiger partial charge in [0, 0.05) is 19.0 Å². The van der Waals surface area contributed by atoms with Gasteiger partial charge >= 0.3 is 6.18 Å². The minimum Gasteiger partial charge on any atom is -0.342 e. The molecule has 1 saturated heterocycles. The Bertz CT molecular complexity index is 332. The summed E-state index contributed by atoms with van der Waals surface area (Å²) in [6.07, 6.45) is -1.30. The van der Waals surface area contributed by atoms with E-state index in [1.165, 1.54) is 0 Å². The van der Waals surface area contributed by atoms with Crippen LogP contribution in [0.1, 0.15) is 38.5 Å². The number of hydrogen-bond donors (Lipinski definition) is 1. The summed E-state index contributed by atoms with van der Waals surface area (Å²) in [5.74, 6) is -1.39. The predicted octanol–water partition coefficient (Wildman–Crippen LogP) is 2.57. The molecular formula is C14H23F3N2O. The smallest absolute Gasteiger partial charge is 0.342 e. The van der Waals surface area contributed by atoms with Crippen molar-refractivity contribution in [3.63, 3.8) is 0 Å². The zero-order valence-electron chi connectivity index (χ0n) is 11.9. The highest BCUT2D eigenvalue weighted by Crippen LogP contribution is 2.40. The average Bonchev–Trinajstić information content (AvgIpc) is 2.46. The van der Waals surface area contributed by atoms with Crippen LogP contribution in [-0.4, -0.2) is 43.2 Å². The van der Waals surface area contributed by atoms with Gasteiger partial charge in [-0.15, -0.1) is 0 Å². The van der Waals surface area contributed by atoms with Crippen LogP contribution < -0.4 is 5.32 Å². The molecule has 2 fully saturated rings. The largest absolute Gasteiger partial charge is 0.391 e. The molecule has 2 aliphatic rings. The van der Waals surface area contributed by atoms with Gasteiger partial charge in [-0.1, -0.05) is 0 Å². The van der Waals surface area contributed by atoms with E-state index in [1.807, 2.05) is 0 Å². The first-order chi connectivity index (χ1) is 9.39. The molecule has 0 spiro atoms. The molecule has 0 atom stereocenters. The lowest BCUT2D eigenvalue weighted by atomic mass is 9.81. The van der Waals surface area contributed by atoms with Crippen LogP contribution in [-0.2, 0) is 4.79 Å². The maximum absolute atomic E-state index is 12.6. The van der Waals surface area contributed by atoms with Gasteiger partial charge in [0.05, 0.1) is 5.92 Å². The Hall–Kier alpha value is -0.780. The average molecular weight is 292 g/mol. The summed E-state index contributed by atoms with van der Waals surface area (Å²) in [5.41, 5.74) is 0. The molecule has 0 radical (unpaired) electrons. The fourth-order valence-electron chi connectivity index (χ4n) is 3.33. The third kappa shape index (κ3) is 3.65. The molecule has 116 valence electrons. The summed E-state index contributed by atoms with van der Waals surface area (Å²) in [6.45, 7) is 1.81. The lowest BCUT2D eigenvalue weighted by Crippen LogP contribution is -2.46. The molecule has 20 heavy (non-hydrogen) atoms. The Labute approximate surface area is 117 Å². The Morgan fingerprint density at radius 2 is 1.60 bits per heavy atom. The predicted molar refractivity (Wildman–Crippen MR) is 70.2 cm³/mol. The van der Waals surface area contributed by atoms with Crippen molar-refractivity contribution in [1.29, 1.82) is 0 Å². The van der Waals surface area contributed by atoms with Gasteiger partial charge in [-0.3, -0.25) is 4.79 Å².